The van der Waals surface area contributed by atoms with Gasteiger partial charge >= 0.3 is 0 Å². The Balaban J connectivity index is 1.86. The number of piperidine rings is 1. The van der Waals surface area contributed by atoms with Crippen molar-refractivity contribution in [2.24, 2.45) is 0 Å². The smallest absolute Gasteiger partial charge is 0.251 e. The lowest BCUT2D eigenvalue weighted by molar-refractivity contribution is -0.127. The number of para-hydroxylation sites is 1. The molecule has 1 heterocycles. The van der Waals surface area contributed by atoms with E-state index in [1.165, 1.54) is 6.08 Å². The molecule has 1 N–H and O–H groups in total. The highest BCUT2D eigenvalue weighted by Crippen LogP contribution is 2.33. The quantitative estimate of drug-likeness (QED) is 0.764. The molecule has 1 aliphatic rings. The van der Waals surface area contributed by atoms with Crippen molar-refractivity contribution < 1.29 is 19.1 Å². The molecule has 0 saturated carbocycles. The molecule has 1 aliphatic heterocycles. The Morgan fingerprint density at radius 2 is 1.90 bits per heavy atom. The van der Waals surface area contributed by atoms with Gasteiger partial charge < -0.3 is 19.7 Å². The Bertz CT molecular complexity index is 902. The number of nitrogens with zero attached hydrogens (tertiary/aromatic N) is 1. The van der Waals surface area contributed by atoms with Gasteiger partial charge in [0.2, 0.25) is 5.91 Å². The van der Waals surface area contributed by atoms with E-state index in [9.17, 15) is 9.59 Å². The maximum Gasteiger partial charge on any atom is 0.251 e. The summed E-state index contributed by atoms with van der Waals surface area (Å²) in [6, 6.07) is 13.2. The summed E-state index contributed by atoms with van der Waals surface area (Å²) in [6.45, 7) is 4.80. The first-order valence-electron chi connectivity index (χ1n) is 9.64. The molecule has 2 aromatic carbocycles. The van der Waals surface area contributed by atoms with Gasteiger partial charge in [0.25, 0.3) is 5.91 Å². The van der Waals surface area contributed by atoms with E-state index in [4.69, 9.17) is 9.47 Å². The monoisotopic (exact) mass is 394 g/mol. The van der Waals surface area contributed by atoms with Crippen molar-refractivity contribution in [1.82, 2.24) is 10.2 Å². The van der Waals surface area contributed by atoms with Crippen LogP contribution in [0.5, 0.6) is 11.5 Å². The van der Waals surface area contributed by atoms with E-state index in [0.29, 0.717) is 24.4 Å². The summed E-state index contributed by atoms with van der Waals surface area (Å²) in [6.07, 6.45) is 2.78. The number of methoxy groups -OCH3 is 1. The Morgan fingerprint density at radius 1 is 1.17 bits per heavy atom. The summed E-state index contributed by atoms with van der Waals surface area (Å²) in [5, 5.41) is 2.66. The van der Waals surface area contributed by atoms with Crippen LogP contribution in [-0.4, -0.2) is 50.1 Å². The van der Waals surface area contributed by atoms with E-state index >= 15 is 0 Å². The van der Waals surface area contributed by atoms with E-state index in [2.05, 4.69) is 11.9 Å². The van der Waals surface area contributed by atoms with Crippen molar-refractivity contribution in [1.29, 1.82) is 0 Å². The van der Waals surface area contributed by atoms with Gasteiger partial charge in [-0.05, 0) is 35.9 Å². The molecule has 6 nitrogen and oxygen atoms in total. The summed E-state index contributed by atoms with van der Waals surface area (Å²) in [5.41, 5.74) is 2.25. The van der Waals surface area contributed by atoms with Gasteiger partial charge in [0.05, 0.1) is 7.11 Å². The maximum atomic E-state index is 12.3. The average Bonchev–Trinajstić information content (AvgIpc) is 2.78. The second kappa shape index (κ2) is 9.28. The lowest BCUT2D eigenvalue weighted by atomic mass is 10.0. The zero-order valence-electron chi connectivity index (χ0n) is 16.8. The Hall–Kier alpha value is -3.28. The fourth-order valence-electron chi connectivity index (χ4n) is 3.50. The summed E-state index contributed by atoms with van der Waals surface area (Å²) in [4.78, 5) is 25.8. The average molecular weight is 394 g/mol. The molecule has 2 aromatic rings. The van der Waals surface area contributed by atoms with Crippen molar-refractivity contribution in [3.8, 4) is 22.6 Å². The summed E-state index contributed by atoms with van der Waals surface area (Å²) in [5.74, 6) is 1.12. The summed E-state index contributed by atoms with van der Waals surface area (Å²) >= 11 is 0. The zero-order chi connectivity index (χ0) is 20.8. The molecule has 3 rings (SSSR count). The summed E-state index contributed by atoms with van der Waals surface area (Å²) in [7, 11) is 3.22. The lowest BCUT2D eigenvalue weighted by Gasteiger charge is -2.31. The molecule has 0 radical (unpaired) electrons. The van der Waals surface area contributed by atoms with Crippen molar-refractivity contribution in [2.75, 3.05) is 27.2 Å². The maximum absolute atomic E-state index is 12.3. The lowest BCUT2D eigenvalue weighted by Crippen LogP contribution is -2.41. The van der Waals surface area contributed by atoms with Gasteiger partial charge in [-0.3, -0.25) is 9.59 Å². The third-order valence-corrected chi connectivity index (χ3v) is 5.04. The number of rotatable bonds is 6. The number of carbonyl (C=O) groups is 2. The van der Waals surface area contributed by atoms with Gasteiger partial charge in [-0.2, -0.15) is 0 Å². The molecule has 2 amide bonds. The Morgan fingerprint density at radius 3 is 2.55 bits per heavy atom. The number of carbonyl (C=O) groups excluding carboxylic acids is 2. The third kappa shape index (κ3) is 4.77. The minimum atomic E-state index is -0.182. The second-order valence-corrected chi connectivity index (χ2v) is 6.87. The van der Waals surface area contributed by atoms with Crippen molar-refractivity contribution in [2.45, 2.75) is 18.9 Å². The van der Waals surface area contributed by atoms with E-state index in [-0.39, 0.29) is 17.9 Å². The molecule has 0 aliphatic carbocycles. The highest BCUT2D eigenvalue weighted by molar-refractivity contribution is 5.96. The fraction of sp³-hybridized carbons (Fsp3) is 0.304. The minimum Gasteiger partial charge on any atom is -0.496 e. The topological polar surface area (TPSA) is 67.9 Å². The normalized spacial score (nSPS) is 14.2. The van der Waals surface area contributed by atoms with Crippen molar-refractivity contribution in [3.05, 3.63) is 60.7 Å². The standard InChI is InChI=1S/C23H26N2O4/c1-4-22(26)25-11-9-18(10-12-25)29-19-14-16(13-17(15-19)23(27)24-2)20-7-5-6-8-21(20)28-3/h4-8,13-15,18H,1,9-12H2,2-3H3,(H,24,27). The fourth-order valence-corrected chi connectivity index (χ4v) is 3.50. The van der Waals surface area contributed by atoms with Gasteiger partial charge in [0.15, 0.2) is 0 Å². The van der Waals surface area contributed by atoms with Crippen LogP contribution in [-0.2, 0) is 4.79 Å². The van der Waals surface area contributed by atoms with E-state index in [0.717, 1.165) is 29.7 Å². The molecule has 0 bridgehead atoms. The highest BCUT2D eigenvalue weighted by Gasteiger charge is 2.23. The Kier molecular flexibility index (Phi) is 6.54. The number of hydrogen-bond acceptors (Lipinski definition) is 4. The number of likely N-dealkylation sites (tertiary alicyclic amines) is 1. The molecule has 6 heteroatoms. The van der Waals surface area contributed by atoms with Crippen LogP contribution < -0.4 is 14.8 Å². The van der Waals surface area contributed by atoms with Crippen LogP contribution in [0, 0.1) is 0 Å². The first-order chi connectivity index (χ1) is 14.0. The molecule has 0 aromatic heterocycles. The van der Waals surface area contributed by atoms with Crippen LogP contribution in [0.4, 0.5) is 0 Å². The molecular formula is C23H26N2O4. The zero-order valence-corrected chi connectivity index (χ0v) is 16.8. The largest absolute Gasteiger partial charge is 0.496 e. The first kappa shape index (κ1) is 20.5. The van der Waals surface area contributed by atoms with Crippen molar-refractivity contribution >= 4 is 11.8 Å². The molecule has 0 spiro atoms. The summed E-state index contributed by atoms with van der Waals surface area (Å²) < 4.78 is 11.7. The van der Waals surface area contributed by atoms with E-state index < -0.39 is 0 Å². The molecule has 1 fully saturated rings. The molecule has 0 unspecified atom stereocenters. The SMILES string of the molecule is C=CC(=O)N1CCC(Oc2cc(C(=O)NC)cc(-c3ccccc3OC)c2)CC1. The second-order valence-electron chi connectivity index (χ2n) is 6.87. The van der Waals surface area contributed by atoms with Gasteiger partial charge in [0.1, 0.15) is 17.6 Å². The molecular weight excluding hydrogens is 368 g/mol. The predicted octanol–water partition coefficient (Wildman–Crippen LogP) is 3.28. The van der Waals surface area contributed by atoms with Gasteiger partial charge in [-0.25, -0.2) is 0 Å². The third-order valence-electron chi connectivity index (χ3n) is 5.04. The van der Waals surface area contributed by atoms with Crippen LogP contribution >= 0.6 is 0 Å². The van der Waals surface area contributed by atoms with Gasteiger partial charge in [0, 0.05) is 44.1 Å². The molecule has 29 heavy (non-hydrogen) atoms. The molecule has 152 valence electrons. The van der Waals surface area contributed by atoms with Crippen LogP contribution in [0.3, 0.4) is 0 Å². The Labute approximate surface area is 171 Å². The number of benzene rings is 2. The highest BCUT2D eigenvalue weighted by atomic mass is 16.5. The number of hydrogen-bond donors (Lipinski definition) is 1. The van der Waals surface area contributed by atoms with Crippen molar-refractivity contribution in [3.63, 3.8) is 0 Å². The van der Waals surface area contributed by atoms with Crippen LogP contribution in [0.15, 0.2) is 55.1 Å². The number of nitrogens with one attached hydrogen (secondary N) is 1. The van der Waals surface area contributed by atoms with E-state index in [1.807, 2.05) is 36.4 Å². The molecule has 1 saturated heterocycles. The minimum absolute atomic E-state index is 0.0191. The van der Waals surface area contributed by atoms with E-state index in [1.54, 1.807) is 25.1 Å². The van der Waals surface area contributed by atoms with Crippen LogP contribution in [0.2, 0.25) is 0 Å². The van der Waals surface area contributed by atoms with Gasteiger partial charge in [-0.1, -0.05) is 24.8 Å². The first-order valence-corrected chi connectivity index (χ1v) is 9.64. The molecule has 0 atom stereocenters. The van der Waals surface area contributed by atoms with Crippen LogP contribution in [0.1, 0.15) is 23.2 Å². The number of ether oxygens (including phenoxy) is 2. The predicted molar refractivity (Wildman–Crippen MR) is 112 cm³/mol. The van der Waals surface area contributed by atoms with Crippen LogP contribution in [0.25, 0.3) is 11.1 Å². The number of amides is 2. The van der Waals surface area contributed by atoms with Gasteiger partial charge in [-0.15, -0.1) is 0 Å².